The van der Waals surface area contributed by atoms with Gasteiger partial charge in [0.2, 0.25) is 11.9 Å². The van der Waals surface area contributed by atoms with Crippen LogP contribution in [-0.2, 0) is 16.1 Å². The molecule has 1 aliphatic heterocycles. The normalized spacial score (nSPS) is 13.2. The first kappa shape index (κ1) is 19.2. The van der Waals surface area contributed by atoms with Crippen LogP contribution in [0.25, 0.3) is 11.0 Å². The van der Waals surface area contributed by atoms with Gasteiger partial charge in [0.25, 0.3) is 0 Å². The minimum Gasteiger partial charge on any atom is -0.379 e. The largest absolute Gasteiger partial charge is 0.379 e. The van der Waals surface area contributed by atoms with Gasteiger partial charge in [-0.2, -0.15) is 0 Å². The van der Waals surface area contributed by atoms with Crippen molar-refractivity contribution in [2.45, 2.75) is 39.3 Å². The lowest BCUT2D eigenvalue weighted by Gasteiger charge is -2.15. The molecule has 0 unspecified atom stereocenters. The zero-order valence-corrected chi connectivity index (χ0v) is 15.9. The number of ether oxygens (including phenoxy) is 1. The van der Waals surface area contributed by atoms with Crippen LogP contribution in [0.2, 0.25) is 0 Å². The molecule has 0 radical (unpaired) electrons. The fraction of sp³-hybridized carbons (Fsp3) is 0.526. The van der Waals surface area contributed by atoms with Crippen LogP contribution < -0.4 is 15.5 Å². The number of hydrogen-bond acceptors (Lipinski definition) is 4. The first-order valence-electron chi connectivity index (χ1n) is 9.45. The molecular formula is C19H27N5O3. The molecule has 27 heavy (non-hydrogen) atoms. The summed E-state index contributed by atoms with van der Waals surface area (Å²) in [5, 5.41) is 5.64. The molecule has 146 valence electrons. The molecule has 0 aliphatic carbocycles. The summed E-state index contributed by atoms with van der Waals surface area (Å²) in [5.41, 5.74) is 1.91. The molecule has 1 aromatic heterocycles. The van der Waals surface area contributed by atoms with Crippen molar-refractivity contribution in [3.05, 3.63) is 24.3 Å². The van der Waals surface area contributed by atoms with Gasteiger partial charge in [-0.3, -0.25) is 9.69 Å². The number of amides is 3. The second-order valence-electron chi connectivity index (χ2n) is 6.81. The Labute approximate surface area is 158 Å². The Morgan fingerprint density at radius 2 is 2.00 bits per heavy atom. The molecule has 2 N–H and O–H groups in total. The van der Waals surface area contributed by atoms with E-state index in [9.17, 15) is 9.59 Å². The summed E-state index contributed by atoms with van der Waals surface area (Å²) in [5.74, 6) is 0.580. The molecular weight excluding hydrogens is 346 g/mol. The summed E-state index contributed by atoms with van der Waals surface area (Å²) in [6, 6.07) is 7.62. The highest BCUT2D eigenvalue weighted by atomic mass is 16.5. The number of carbonyl (C=O) groups excluding carboxylic acids is 2. The van der Waals surface area contributed by atoms with Gasteiger partial charge in [-0.1, -0.05) is 12.1 Å². The number of nitrogens with one attached hydrogen (secondary N) is 2. The molecule has 0 saturated carbocycles. The highest BCUT2D eigenvalue weighted by molar-refractivity contribution is 5.94. The number of anilines is 1. The molecule has 3 amide bonds. The molecule has 3 rings (SSSR count). The molecule has 0 saturated heterocycles. The van der Waals surface area contributed by atoms with E-state index in [1.165, 1.54) is 0 Å². The predicted octanol–water partition coefficient (Wildman–Crippen LogP) is 1.89. The van der Waals surface area contributed by atoms with Crippen molar-refractivity contribution < 1.29 is 14.3 Å². The van der Waals surface area contributed by atoms with E-state index in [0.717, 1.165) is 24.0 Å². The first-order chi connectivity index (χ1) is 13.1. The van der Waals surface area contributed by atoms with Gasteiger partial charge >= 0.3 is 6.03 Å². The fourth-order valence-electron chi connectivity index (χ4n) is 3.07. The molecule has 1 aliphatic rings. The van der Waals surface area contributed by atoms with Gasteiger partial charge in [0.1, 0.15) is 0 Å². The number of benzene rings is 1. The van der Waals surface area contributed by atoms with Crippen LogP contribution in [0.15, 0.2) is 24.3 Å². The Kier molecular flexibility index (Phi) is 6.28. The second kappa shape index (κ2) is 8.85. The van der Waals surface area contributed by atoms with Gasteiger partial charge in [-0.25, -0.2) is 9.78 Å². The summed E-state index contributed by atoms with van der Waals surface area (Å²) in [7, 11) is 0. The smallest absolute Gasteiger partial charge is 0.324 e. The summed E-state index contributed by atoms with van der Waals surface area (Å²) in [6.07, 6.45) is 1.23. The third-order valence-corrected chi connectivity index (χ3v) is 4.39. The monoisotopic (exact) mass is 373 g/mol. The minimum atomic E-state index is -0.220. The van der Waals surface area contributed by atoms with Crippen molar-refractivity contribution in [1.82, 2.24) is 20.2 Å². The first-order valence-corrected chi connectivity index (χ1v) is 9.45. The molecule has 0 bridgehead atoms. The molecule has 2 heterocycles. The van der Waals surface area contributed by atoms with Crippen molar-refractivity contribution in [2.24, 2.45) is 0 Å². The van der Waals surface area contributed by atoms with E-state index in [-0.39, 0.29) is 24.5 Å². The Balaban J connectivity index is 1.40. The Hall–Kier alpha value is -2.61. The maximum atomic E-state index is 12.4. The number of imidazole rings is 1. The maximum Gasteiger partial charge on any atom is 0.324 e. The number of fused-ring (bicyclic) bond motifs is 3. The van der Waals surface area contributed by atoms with Crippen LogP contribution in [-0.4, -0.2) is 53.8 Å². The van der Waals surface area contributed by atoms with Crippen LogP contribution >= 0.6 is 0 Å². The van der Waals surface area contributed by atoms with Gasteiger partial charge in [0.15, 0.2) is 0 Å². The zero-order chi connectivity index (χ0) is 19.2. The van der Waals surface area contributed by atoms with Crippen molar-refractivity contribution in [3.8, 4) is 0 Å². The van der Waals surface area contributed by atoms with Gasteiger partial charge in [0.05, 0.1) is 17.1 Å². The number of aromatic nitrogens is 2. The number of nitrogens with zero attached hydrogens (tertiary/aromatic N) is 3. The highest BCUT2D eigenvalue weighted by Gasteiger charge is 2.28. The van der Waals surface area contributed by atoms with Gasteiger partial charge in [0, 0.05) is 39.2 Å². The maximum absolute atomic E-state index is 12.4. The zero-order valence-electron chi connectivity index (χ0n) is 15.9. The van der Waals surface area contributed by atoms with E-state index in [4.69, 9.17) is 4.74 Å². The lowest BCUT2D eigenvalue weighted by molar-refractivity contribution is -0.121. The summed E-state index contributed by atoms with van der Waals surface area (Å²) < 4.78 is 7.46. The van der Waals surface area contributed by atoms with Crippen LogP contribution in [0.4, 0.5) is 10.7 Å². The molecule has 0 spiro atoms. The minimum absolute atomic E-state index is 0.0755. The number of rotatable bonds is 8. The Bertz CT molecular complexity index is 802. The topological polar surface area (TPSA) is 88.5 Å². The van der Waals surface area contributed by atoms with Crippen LogP contribution in [0, 0.1) is 0 Å². The van der Waals surface area contributed by atoms with Gasteiger partial charge < -0.3 is 19.9 Å². The average molecular weight is 373 g/mol. The van der Waals surface area contributed by atoms with E-state index < -0.39 is 0 Å². The molecule has 0 atom stereocenters. The standard InChI is InChI=1S/C19H27N5O3/c1-14(2)27-13-5-9-20-17(25)8-10-21-19(26)24-12-11-23-16-7-4-3-6-15(16)22-18(23)24/h3-4,6-7,14H,5,8-13H2,1-2H3,(H,20,25)(H,21,26). The van der Waals surface area contributed by atoms with E-state index in [1.54, 1.807) is 4.90 Å². The second-order valence-corrected chi connectivity index (χ2v) is 6.81. The van der Waals surface area contributed by atoms with Crippen LogP contribution in [0.3, 0.4) is 0 Å². The van der Waals surface area contributed by atoms with E-state index in [1.807, 2.05) is 42.7 Å². The summed E-state index contributed by atoms with van der Waals surface area (Å²) >= 11 is 0. The van der Waals surface area contributed by atoms with Gasteiger partial charge in [-0.05, 0) is 32.4 Å². The number of carbonyl (C=O) groups is 2. The number of para-hydroxylation sites is 2. The van der Waals surface area contributed by atoms with Crippen LogP contribution in [0.1, 0.15) is 26.7 Å². The van der Waals surface area contributed by atoms with Crippen molar-refractivity contribution >= 4 is 28.9 Å². The fourth-order valence-corrected chi connectivity index (χ4v) is 3.07. The lowest BCUT2D eigenvalue weighted by atomic mass is 10.3. The predicted molar refractivity (Wildman–Crippen MR) is 104 cm³/mol. The third-order valence-electron chi connectivity index (χ3n) is 4.39. The van der Waals surface area contributed by atoms with Crippen molar-refractivity contribution in [1.29, 1.82) is 0 Å². The van der Waals surface area contributed by atoms with Gasteiger partial charge in [-0.15, -0.1) is 0 Å². The molecule has 0 fully saturated rings. The lowest BCUT2D eigenvalue weighted by Crippen LogP contribution is -2.41. The van der Waals surface area contributed by atoms with E-state index >= 15 is 0 Å². The number of urea groups is 1. The van der Waals surface area contributed by atoms with E-state index in [0.29, 0.717) is 32.2 Å². The quantitative estimate of drug-likeness (QED) is 0.692. The third kappa shape index (κ3) is 4.77. The highest BCUT2D eigenvalue weighted by Crippen LogP contribution is 2.26. The molecule has 2 aromatic rings. The summed E-state index contributed by atoms with van der Waals surface area (Å²) in [4.78, 5) is 30.4. The van der Waals surface area contributed by atoms with Crippen molar-refractivity contribution in [2.75, 3.05) is 31.1 Å². The van der Waals surface area contributed by atoms with E-state index in [2.05, 4.69) is 15.6 Å². The average Bonchev–Trinajstić information content (AvgIpc) is 3.20. The number of hydrogen-bond donors (Lipinski definition) is 2. The molecule has 8 heteroatoms. The molecule has 8 nitrogen and oxygen atoms in total. The SMILES string of the molecule is CC(C)OCCCNC(=O)CCNC(=O)N1CCn2c1nc1ccccc12. The Morgan fingerprint density at radius 1 is 1.19 bits per heavy atom. The molecule has 1 aromatic carbocycles. The Morgan fingerprint density at radius 3 is 2.81 bits per heavy atom. The van der Waals surface area contributed by atoms with Crippen molar-refractivity contribution in [3.63, 3.8) is 0 Å². The van der Waals surface area contributed by atoms with Crippen LogP contribution in [0.5, 0.6) is 0 Å². The summed E-state index contributed by atoms with van der Waals surface area (Å²) in [6.45, 7) is 6.78.